The fourth-order valence-corrected chi connectivity index (χ4v) is 2.80. The maximum absolute atomic E-state index is 11.2. The summed E-state index contributed by atoms with van der Waals surface area (Å²) in [6, 6.07) is 20.6. The second kappa shape index (κ2) is 9.28. The van der Waals surface area contributed by atoms with Crippen LogP contribution < -0.4 is 10.2 Å². The van der Waals surface area contributed by atoms with Crippen LogP contribution in [0, 0.1) is 20.2 Å². The number of nitrogens with zero attached hydrogens (tertiary/aromatic N) is 3. The highest BCUT2D eigenvalue weighted by atomic mass is 16.6. The molecule has 0 saturated heterocycles. The molecule has 0 fully saturated rings. The maximum Gasteiger partial charge on any atom is 0.348 e. The van der Waals surface area contributed by atoms with Crippen LogP contribution in [0.15, 0.2) is 77.9 Å². The van der Waals surface area contributed by atoms with E-state index >= 15 is 0 Å². The van der Waals surface area contributed by atoms with Gasteiger partial charge in [-0.1, -0.05) is 30.3 Å². The van der Waals surface area contributed by atoms with E-state index in [1.54, 1.807) is 7.11 Å². The van der Waals surface area contributed by atoms with Crippen molar-refractivity contribution in [1.29, 1.82) is 0 Å². The van der Waals surface area contributed by atoms with Gasteiger partial charge in [0.05, 0.1) is 28.4 Å². The maximum atomic E-state index is 11.2. The monoisotopic (exact) mass is 406 g/mol. The summed E-state index contributed by atoms with van der Waals surface area (Å²) in [5.41, 5.74) is 4.43. The number of ether oxygens (including phenoxy) is 1. The molecule has 0 radical (unpaired) electrons. The molecule has 1 N–H and O–H groups in total. The minimum Gasteiger partial charge on any atom is -0.497 e. The van der Waals surface area contributed by atoms with E-state index in [4.69, 9.17) is 4.74 Å². The van der Waals surface area contributed by atoms with Crippen molar-refractivity contribution >= 4 is 22.8 Å². The van der Waals surface area contributed by atoms with Gasteiger partial charge in [0, 0.05) is 18.6 Å². The molecule has 3 aromatic rings. The van der Waals surface area contributed by atoms with Gasteiger partial charge in [-0.05, 0) is 41.5 Å². The van der Waals surface area contributed by atoms with Crippen molar-refractivity contribution in [2.75, 3.05) is 12.5 Å². The van der Waals surface area contributed by atoms with Crippen molar-refractivity contribution < 1.29 is 14.6 Å². The van der Waals surface area contributed by atoms with Crippen LogP contribution >= 0.6 is 0 Å². The molecule has 0 aliphatic carbocycles. The number of rotatable bonds is 8. The molecule has 9 nitrogen and oxygen atoms in total. The predicted molar refractivity (Wildman–Crippen MR) is 113 cm³/mol. The summed E-state index contributed by atoms with van der Waals surface area (Å²) in [7, 11) is 1.58. The minimum absolute atomic E-state index is 0.270. The number of nitro benzene ring substituents is 2. The molecule has 0 aliphatic heterocycles. The second-order valence-electron chi connectivity index (χ2n) is 6.28. The molecule has 0 saturated carbocycles. The first-order chi connectivity index (χ1) is 14.5. The third kappa shape index (κ3) is 4.96. The van der Waals surface area contributed by atoms with Crippen molar-refractivity contribution in [3.8, 4) is 5.75 Å². The smallest absolute Gasteiger partial charge is 0.348 e. The van der Waals surface area contributed by atoms with E-state index in [2.05, 4.69) is 10.5 Å². The summed E-state index contributed by atoms with van der Waals surface area (Å²) in [6.07, 6.45) is 0.509. The van der Waals surface area contributed by atoms with Crippen molar-refractivity contribution in [2.24, 2.45) is 5.10 Å². The zero-order valence-electron chi connectivity index (χ0n) is 16.0. The Hall–Kier alpha value is -4.27. The van der Waals surface area contributed by atoms with Gasteiger partial charge in [0.1, 0.15) is 5.75 Å². The average molecular weight is 406 g/mol. The van der Waals surface area contributed by atoms with Crippen molar-refractivity contribution in [3.63, 3.8) is 0 Å². The molecule has 9 heteroatoms. The van der Waals surface area contributed by atoms with Crippen LogP contribution in [0.1, 0.15) is 11.1 Å². The highest BCUT2D eigenvalue weighted by Gasteiger charge is 2.24. The van der Waals surface area contributed by atoms with Crippen LogP contribution in [0.3, 0.4) is 0 Å². The molecule has 30 heavy (non-hydrogen) atoms. The molecule has 152 valence electrons. The summed E-state index contributed by atoms with van der Waals surface area (Å²) in [5.74, 6) is 0.705. The lowest BCUT2D eigenvalue weighted by Gasteiger charge is -2.10. The molecule has 0 heterocycles. The van der Waals surface area contributed by atoms with Crippen LogP contribution in [-0.2, 0) is 6.42 Å². The first-order valence-electron chi connectivity index (χ1n) is 8.91. The topological polar surface area (TPSA) is 120 Å². The highest BCUT2D eigenvalue weighted by Crippen LogP contribution is 2.29. The van der Waals surface area contributed by atoms with E-state index in [-0.39, 0.29) is 5.69 Å². The predicted octanol–water partition coefficient (Wildman–Crippen LogP) is 4.57. The molecule has 0 bridgehead atoms. The standard InChI is InChI=1S/C21H18N4O5/c1-30-18-10-7-16(8-11-18)19(13-15-5-3-2-4-6-15)23-22-17-9-12-20(24(26)27)21(14-17)25(28)29/h2-12,14,22H,13H2,1H3/b23-19-. The zero-order valence-corrected chi connectivity index (χ0v) is 16.0. The number of methoxy groups -OCH3 is 1. The Morgan fingerprint density at radius 1 is 0.933 bits per heavy atom. The Bertz CT molecular complexity index is 1080. The summed E-state index contributed by atoms with van der Waals surface area (Å²) in [6.45, 7) is 0. The van der Waals surface area contributed by atoms with Gasteiger partial charge in [-0.25, -0.2) is 0 Å². The lowest BCUT2D eigenvalue weighted by molar-refractivity contribution is -0.422. The normalized spacial score (nSPS) is 11.0. The Balaban J connectivity index is 1.93. The van der Waals surface area contributed by atoms with Crippen molar-refractivity contribution in [1.82, 2.24) is 0 Å². The first kappa shape index (κ1) is 20.5. The van der Waals surface area contributed by atoms with Crippen LogP contribution in [0.2, 0.25) is 0 Å². The molecular formula is C21H18N4O5. The van der Waals surface area contributed by atoms with E-state index in [1.165, 1.54) is 6.07 Å². The Morgan fingerprint density at radius 3 is 2.20 bits per heavy atom. The first-order valence-corrected chi connectivity index (χ1v) is 8.91. The van der Waals surface area contributed by atoms with Crippen LogP contribution in [0.4, 0.5) is 17.1 Å². The van der Waals surface area contributed by atoms with Gasteiger partial charge in [0.15, 0.2) is 0 Å². The zero-order chi connectivity index (χ0) is 21.5. The lowest BCUT2D eigenvalue weighted by atomic mass is 10.0. The quantitative estimate of drug-likeness (QED) is 0.332. The van der Waals surface area contributed by atoms with Crippen LogP contribution in [-0.4, -0.2) is 22.7 Å². The van der Waals surface area contributed by atoms with E-state index in [0.717, 1.165) is 23.3 Å². The number of nitro groups is 2. The molecule has 0 atom stereocenters. The van der Waals surface area contributed by atoms with Gasteiger partial charge in [0.2, 0.25) is 0 Å². The molecule has 0 spiro atoms. The third-order valence-electron chi connectivity index (χ3n) is 4.33. The van der Waals surface area contributed by atoms with Gasteiger partial charge in [-0.2, -0.15) is 5.10 Å². The Kier molecular flexibility index (Phi) is 6.33. The summed E-state index contributed by atoms with van der Waals surface area (Å²) in [4.78, 5) is 20.6. The number of hydrogen-bond acceptors (Lipinski definition) is 7. The lowest BCUT2D eigenvalue weighted by Crippen LogP contribution is -2.08. The third-order valence-corrected chi connectivity index (χ3v) is 4.33. The Labute approximate surface area is 171 Å². The molecule has 0 unspecified atom stereocenters. The fraction of sp³-hybridized carbons (Fsp3) is 0.0952. The largest absolute Gasteiger partial charge is 0.497 e. The van der Waals surface area contributed by atoms with E-state index in [1.807, 2.05) is 54.6 Å². The van der Waals surface area contributed by atoms with E-state index < -0.39 is 21.2 Å². The number of benzene rings is 3. The van der Waals surface area contributed by atoms with Gasteiger partial charge in [-0.15, -0.1) is 0 Å². The summed E-state index contributed by atoms with van der Waals surface area (Å²) in [5, 5.41) is 26.6. The van der Waals surface area contributed by atoms with Gasteiger partial charge in [0.25, 0.3) is 0 Å². The summed E-state index contributed by atoms with van der Waals surface area (Å²) >= 11 is 0. The van der Waals surface area contributed by atoms with Gasteiger partial charge < -0.3 is 4.74 Å². The van der Waals surface area contributed by atoms with Gasteiger partial charge in [-0.3, -0.25) is 25.7 Å². The molecular weight excluding hydrogens is 388 g/mol. The second-order valence-corrected chi connectivity index (χ2v) is 6.28. The highest BCUT2D eigenvalue weighted by molar-refractivity contribution is 6.02. The number of hydrazone groups is 1. The average Bonchev–Trinajstić information content (AvgIpc) is 2.77. The van der Waals surface area contributed by atoms with E-state index in [0.29, 0.717) is 17.9 Å². The molecule has 3 rings (SSSR count). The molecule has 0 amide bonds. The van der Waals surface area contributed by atoms with Crippen molar-refractivity contribution in [3.05, 3.63) is 104 Å². The Morgan fingerprint density at radius 2 is 1.60 bits per heavy atom. The van der Waals surface area contributed by atoms with E-state index in [9.17, 15) is 20.2 Å². The molecule has 0 aromatic heterocycles. The number of hydrogen-bond donors (Lipinski definition) is 1. The van der Waals surface area contributed by atoms with Crippen molar-refractivity contribution in [2.45, 2.75) is 6.42 Å². The summed E-state index contributed by atoms with van der Waals surface area (Å²) < 4.78 is 5.19. The fourth-order valence-electron chi connectivity index (χ4n) is 2.80. The van der Waals surface area contributed by atoms with Crippen LogP contribution in [0.25, 0.3) is 0 Å². The minimum atomic E-state index is -0.790. The molecule has 0 aliphatic rings. The van der Waals surface area contributed by atoms with Gasteiger partial charge >= 0.3 is 11.4 Å². The molecule has 3 aromatic carbocycles. The number of anilines is 1. The SMILES string of the molecule is COc1ccc(/C(Cc2ccccc2)=N\Nc2ccc([N+](=O)[O-])c([N+](=O)[O-])c2)cc1. The van der Waals surface area contributed by atoms with Crippen LogP contribution in [0.5, 0.6) is 5.75 Å². The number of nitrogens with one attached hydrogen (secondary N) is 1.